The van der Waals surface area contributed by atoms with Crippen LogP contribution in [0.15, 0.2) is 24.4 Å². The van der Waals surface area contributed by atoms with E-state index in [2.05, 4.69) is 14.7 Å². The second kappa shape index (κ2) is 6.21. The molecule has 110 valence electrons. The van der Waals surface area contributed by atoms with Crippen LogP contribution in [0.5, 0.6) is 11.6 Å². The molecular weight excluding hydrogens is 272 g/mol. The fraction of sp³-hybridized carbons (Fsp3) is 0.267. The van der Waals surface area contributed by atoms with Crippen molar-refractivity contribution in [3.05, 3.63) is 35.7 Å². The van der Waals surface area contributed by atoms with Crippen LogP contribution >= 0.6 is 0 Å². The van der Waals surface area contributed by atoms with Crippen LogP contribution in [0, 0.1) is 6.92 Å². The molecule has 0 fully saturated rings. The van der Waals surface area contributed by atoms with Crippen molar-refractivity contribution in [2.75, 3.05) is 7.11 Å². The number of methoxy groups -OCH3 is 1. The number of hydrogen-bond acceptors (Lipinski definition) is 5. The van der Waals surface area contributed by atoms with Crippen LogP contribution in [0.25, 0.3) is 11.3 Å². The van der Waals surface area contributed by atoms with Crippen LogP contribution in [0.2, 0.25) is 0 Å². The Hall–Kier alpha value is -2.63. The third kappa shape index (κ3) is 3.28. The number of nitrogens with zero attached hydrogens (tertiary/aromatic N) is 2. The quantitative estimate of drug-likeness (QED) is 0.871. The first-order valence-corrected chi connectivity index (χ1v) is 6.46. The van der Waals surface area contributed by atoms with Crippen LogP contribution in [0.1, 0.15) is 18.2 Å². The average Bonchev–Trinajstić information content (AvgIpc) is 2.46. The predicted octanol–water partition coefficient (Wildman–Crippen LogP) is 3.08. The average molecular weight is 288 g/mol. The maximum absolute atomic E-state index is 10.6. The van der Waals surface area contributed by atoms with E-state index in [1.54, 1.807) is 13.2 Å². The van der Waals surface area contributed by atoms with Gasteiger partial charge in [0.1, 0.15) is 5.75 Å². The molecule has 2 aromatic rings. The highest BCUT2D eigenvalue weighted by atomic mass is 16.7. The molecule has 21 heavy (non-hydrogen) atoms. The first-order chi connectivity index (χ1) is 10.0. The molecule has 0 bridgehead atoms. The first kappa shape index (κ1) is 14.8. The van der Waals surface area contributed by atoms with Gasteiger partial charge >= 0.3 is 6.16 Å². The summed E-state index contributed by atoms with van der Waals surface area (Å²) in [5.74, 6) is 0.817. The summed E-state index contributed by atoms with van der Waals surface area (Å²) in [4.78, 5) is 19.3. The lowest BCUT2D eigenvalue weighted by Crippen LogP contribution is -2.03. The summed E-state index contributed by atoms with van der Waals surface area (Å²) in [7, 11) is 1.58. The molecule has 0 radical (unpaired) electrons. The summed E-state index contributed by atoms with van der Waals surface area (Å²) < 4.78 is 9.90. The second-order valence-electron chi connectivity index (χ2n) is 4.39. The zero-order valence-electron chi connectivity index (χ0n) is 12.1. The van der Waals surface area contributed by atoms with Crippen molar-refractivity contribution in [2.24, 2.45) is 0 Å². The summed E-state index contributed by atoms with van der Waals surface area (Å²) in [6.45, 7) is 3.86. The standard InChI is InChI=1S/C15H16N2O4/c1-4-10-7-12(9(2)17-14(10)20-3)13-8-11(5-6-16-13)21-15(18)19/h5-8H,4H2,1-3H3,(H,18,19). The highest BCUT2D eigenvalue weighted by Gasteiger charge is 2.12. The summed E-state index contributed by atoms with van der Waals surface area (Å²) >= 11 is 0. The molecule has 0 atom stereocenters. The molecule has 0 spiro atoms. The van der Waals surface area contributed by atoms with Crippen LogP contribution in [-0.4, -0.2) is 28.3 Å². The van der Waals surface area contributed by atoms with E-state index < -0.39 is 6.16 Å². The van der Waals surface area contributed by atoms with Gasteiger partial charge in [0.25, 0.3) is 0 Å². The van der Waals surface area contributed by atoms with Gasteiger partial charge in [0.15, 0.2) is 0 Å². The van der Waals surface area contributed by atoms with E-state index in [4.69, 9.17) is 9.84 Å². The van der Waals surface area contributed by atoms with Gasteiger partial charge in [-0.25, -0.2) is 9.78 Å². The Morgan fingerprint density at radius 1 is 1.38 bits per heavy atom. The lowest BCUT2D eigenvalue weighted by Gasteiger charge is -2.11. The number of ether oxygens (including phenoxy) is 2. The monoisotopic (exact) mass is 288 g/mol. The number of carboxylic acid groups (broad SMARTS) is 1. The Balaban J connectivity index is 2.48. The van der Waals surface area contributed by atoms with Crippen LogP contribution in [0.4, 0.5) is 4.79 Å². The van der Waals surface area contributed by atoms with Crippen molar-refractivity contribution in [2.45, 2.75) is 20.3 Å². The molecule has 6 heteroatoms. The molecule has 2 rings (SSSR count). The Kier molecular flexibility index (Phi) is 4.37. The zero-order chi connectivity index (χ0) is 15.4. The van der Waals surface area contributed by atoms with E-state index in [0.717, 1.165) is 23.2 Å². The van der Waals surface area contributed by atoms with Gasteiger partial charge in [-0.3, -0.25) is 4.98 Å². The van der Waals surface area contributed by atoms with E-state index in [1.807, 2.05) is 19.9 Å². The Bertz CT molecular complexity index is 671. The topological polar surface area (TPSA) is 81.5 Å². The highest BCUT2D eigenvalue weighted by Crippen LogP contribution is 2.28. The first-order valence-electron chi connectivity index (χ1n) is 6.46. The molecule has 0 aliphatic heterocycles. The summed E-state index contributed by atoms with van der Waals surface area (Å²) in [5.41, 5.74) is 3.15. The molecule has 0 saturated carbocycles. The van der Waals surface area contributed by atoms with E-state index in [0.29, 0.717) is 11.6 Å². The molecule has 0 unspecified atom stereocenters. The highest BCUT2D eigenvalue weighted by molar-refractivity contribution is 5.67. The Labute approximate surface area is 122 Å². The molecule has 0 aliphatic rings. The van der Waals surface area contributed by atoms with Gasteiger partial charge in [-0.1, -0.05) is 6.92 Å². The van der Waals surface area contributed by atoms with Gasteiger partial charge in [0.2, 0.25) is 5.88 Å². The number of rotatable bonds is 4. The SMILES string of the molecule is CCc1cc(-c2cc(OC(=O)O)ccn2)c(C)nc1OC. The molecule has 2 heterocycles. The molecular formula is C15H16N2O4. The van der Waals surface area contributed by atoms with Crippen molar-refractivity contribution >= 4 is 6.16 Å². The zero-order valence-corrected chi connectivity index (χ0v) is 12.1. The minimum Gasteiger partial charge on any atom is -0.481 e. The predicted molar refractivity (Wildman–Crippen MR) is 76.8 cm³/mol. The molecule has 6 nitrogen and oxygen atoms in total. The number of pyridine rings is 2. The van der Waals surface area contributed by atoms with Crippen molar-refractivity contribution in [3.63, 3.8) is 0 Å². The van der Waals surface area contributed by atoms with Gasteiger partial charge in [0, 0.05) is 23.4 Å². The molecule has 1 N–H and O–H groups in total. The van der Waals surface area contributed by atoms with E-state index in [1.165, 1.54) is 12.3 Å². The summed E-state index contributed by atoms with van der Waals surface area (Å²) in [6, 6.07) is 5.02. The fourth-order valence-corrected chi connectivity index (χ4v) is 2.04. The molecule has 2 aromatic heterocycles. The van der Waals surface area contributed by atoms with Crippen molar-refractivity contribution in [1.82, 2.24) is 9.97 Å². The minimum absolute atomic E-state index is 0.223. The maximum Gasteiger partial charge on any atom is 0.511 e. The molecule has 0 amide bonds. The van der Waals surface area contributed by atoms with E-state index in [-0.39, 0.29) is 5.75 Å². The molecule has 0 aliphatic carbocycles. The van der Waals surface area contributed by atoms with E-state index >= 15 is 0 Å². The normalized spacial score (nSPS) is 10.2. The lowest BCUT2D eigenvalue weighted by atomic mass is 10.1. The van der Waals surface area contributed by atoms with Crippen molar-refractivity contribution in [1.29, 1.82) is 0 Å². The number of carbonyl (C=O) groups is 1. The smallest absolute Gasteiger partial charge is 0.481 e. The number of aromatic nitrogens is 2. The van der Waals surface area contributed by atoms with Crippen LogP contribution in [0.3, 0.4) is 0 Å². The summed E-state index contributed by atoms with van der Waals surface area (Å²) in [5, 5.41) is 8.66. The van der Waals surface area contributed by atoms with Gasteiger partial charge in [0.05, 0.1) is 18.5 Å². The van der Waals surface area contributed by atoms with Crippen molar-refractivity contribution < 1.29 is 19.4 Å². The van der Waals surface area contributed by atoms with Crippen LogP contribution < -0.4 is 9.47 Å². The third-order valence-electron chi connectivity index (χ3n) is 3.04. The van der Waals surface area contributed by atoms with Gasteiger partial charge in [-0.2, -0.15) is 0 Å². The Morgan fingerprint density at radius 3 is 2.76 bits per heavy atom. The number of aryl methyl sites for hydroxylation is 2. The lowest BCUT2D eigenvalue weighted by molar-refractivity contribution is 0.144. The number of hydrogen-bond donors (Lipinski definition) is 1. The molecule has 0 aromatic carbocycles. The second-order valence-corrected chi connectivity index (χ2v) is 4.39. The third-order valence-corrected chi connectivity index (χ3v) is 3.04. The largest absolute Gasteiger partial charge is 0.511 e. The minimum atomic E-state index is -1.36. The Morgan fingerprint density at radius 2 is 2.14 bits per heavy atom. The fourth-order valence-electron chi connectivity index (χ4n) is 2.04. The van der Waals surface area contributed by atoms with Gasteiger partial charge < -0.3 is 14.6 Å². The van der Waals surface area contributed by atoms with Gasteiger partial charge in [-0.15, -0.1) is 0 Å². The van der Waals surface area contributed by atoms with Crippen molar-refractivity contribution in [3.8, 4) is 22.9 Å². The van der Waals surface area contributed by atoms with Crippen LogP contribution in [-0.2, 0) is 6.42 Å². The van der Waals surface area contributed by atoms with E-state index in [9.17, 15) is 4.79 Å². The van der Waals surface area contributed by atoms with Gasteiger partial charge in [-0.05, 0) is 25.5 Å². The molecule has 0 saturated heterocycles. The summed E-state index contributed by atoms with van der Waals surface area (Å²) in [6.07, 6.45) is 0.920. The maximum atomic E-state index is 10.6.